The van der Waals surface area contributed by atoms with Crippen molar-refractivity contribution in [2.24, 2.45) is 5.73 Å². The summed E-state index contributed by atoms with van der Waals surface area (Å²) < 4.78 is 5.49. The van der Waals surface area contributed by atoms with Gasteiger partial charge in [0, 0.05) is 5.41 Å². The van der Waals surface area contributed by atoms with Crippen LogP contribution >= 0.6 is 0 Å². The Morgan fingerprint density at radius 3 is 2.53 bits per heavy atom. The Kier molecular flexibility index (Phi) is 3.25. The van der Waals surface area contributed by atoms with E-state index in [1.54, 1.807) is 0 Å². The van der Waals surface area contributed by atoms with E-state index in [0.717, 1.165) is 18.7 Å². The van der Waals surface area contributed by atoms with Crippen LogP contribution in [0.5, 0.6) is 0 Å². The van der Waals surface area contributed by atoms with Crippen LogP contribution in [0, 0.1) is 0 Å². The Balaban J connectivity index is 2.29. The largest absolute Gasteiger partial charge is 0.339 e. The van der Waals surface area contributed by atoms with Gasteiger partial charge in [0.2, 0.25) is 5.89 Å². The Labute approximate surface area is 103 Å². The van der Waals surface area contributed by atoms with Crippen molar-refractivity contribution in [2.45, 2.75) is 70.3 Å². The quantitative estimate of drug-likeness (QED) is 0.874. The summed E-state index contributed by atoms with van der Waals surface area (Å²) in [6.45, 7) is 6.20. The van der Waals surface area contributed by atoms with Crippen molar-refractivity contribution in [3.63, 3.8) is 0 Å². The van der Waals surface area contributed by atoms with Gasteiger partial charge < -0.3 is 10.3 Å². The molecular formula is C13H23N3O. The van der Waals surface area contributed by atoms with Gasteiger partial charge >= 0.3 is 0 Å². The van der Waals surface area contributed by atoms with Crippen LogP contribution in [-0.2, 0) is 11.0 Å². The highest BCUT2D eigenvalue weighted by atomic mass is 16.5. The molecule has 1 saturated carbocycles. The Hall–Kier alpha value is -0.900. The Morgan fingerprint density at radius 1 is 1.35 bits per heavy atom. The first kappa shape index (κ1) is 12.6. The first-order valence-corrected chi connectivity index (χ1v) is 6.67. The molecule has 4 nitrogen and oxygen atoms in total. The normalized spacial score (nSPS) is 22.6. The van der Waals surface area contributed by atoms with E-state index in [0.29, 0.717) is 5.82 Å². The van der Waals surface area contributed by atoms with Crippen molar-refractivity contribution >= 4 is 0 Å². The minimum absolute atomic E-state index is 0.120. The standard InChI is InChI=1S/C13H23N3O/c1-4-12(3,14)10-15-11(17-16-10)13(5-2)8-6-7-9-13/h4-9,14H2,1-3H3. The maximum atomic E-state index is 6.15. The smallest absolute Gasteiger partial charge is 0.232 e. The third-order valence-electron chi connectivity index (χ3n) is 4.36. The molecule has 2 rings (SSSR count). The van der Waals surface area contributed by atoms with Crippen molar-refractivity contribution in [3.05, 3.63) is 11.7 Å². The minimum atomic E-state index is -0.477. The lowest BCUT2D eigenvalue weighted by Gasteiger charge is -2.22. The molecule has 1 aromatic rings. The fourth-order valence-corrected chi connectivity index (χ4v) is 2.60. The molecule has 1 aliphatic rings. The molecule has 1 fully saturated rings. The highest BCUT2D eigenvalue weighted by Crippen LogP contribution is 2.43. The first-order valence-electron chi connectivity index (χ1n) is 6.67. The fraction of sp³-hybridized carbons (Fsp3) is 0.846. The van der Waals surface area contributed by atoms with Crippen LogP contribution in [0.15, 0.2) is 4.52 Å². The summed E-state index contributed by atoms with van der Waals surface area (Å²) in [6, 6.07) is 0. The number of rotatable bonds is 4. The number of nitrogens with two attached hydrogens (primary N) is 1. The molecule has 0 spiro atoms. The molecule has 0 aliphatic heterocycles. The summed E-state index contributed by atoms with van der Waals surface area (Å²) in [4.78, 5) is 4.58. The topological polar surface area (TPSA) is 64.9 Å². The van der Waals surface area contributed by atoms with E-state index in [2.05, 4.69) is 17.1 Å². The molecule has 0 radical (unpaired) electrons. The molecule has 0 bridgehead atoms. The molecule has 0 aromatic carbocycles. The molecule has 0 saturated heterocycles. The zero-order chi connectivity index (χ0) is 12.5. The lowest BCUT2D eigenvalue weighted by atomic mass is 9.83. The summed E-state index contributed by atoms with van der Waals surface area (Å²) in [7, 11) is 0. The van der Waals surface area contributed by atoms with Crippen molar-refractivity contribution in [2.75, 3.05) is 0 Å². The highest BCUT2D eigenvalue weighted by Gasteiger charge is 2.40. The van der Waals surface area contributed by atoms with E-state index in [1.807, 2.05) is 13.8 Å². The van der Waals surface area contributed by atoms with E-state index < -0.39 is 5.54 Å². The van der Waals surface area contributed by atoms with Gasteiger partial charge in [-0.1, -0.05) is 31.8 Å². The highest BCUT2D eigenvalue weighted by molar-refractivity contribution is 5.10. The number of nitrogens with zero attached hydrogens (tertiary/aromatic N) is 2. The van der Waals surface area contributed by atoms with Gasteiger partial charge in [-0.2, -0.15) is 4.98 Å². The van der Waals surface area contributed by atoms with Gasteiger partial charge in [-0.25, -0.2) is 0 Å². The molecule has 96 valence electrons. The second-order valence-corrected chi connectivity index (χ2v) is 5.54. The van der Waals surface area contributed by atoms with Gasteiger partial charge in [0.1, 0.15) is 0 Å². The third-order valence-corrected chi connectivity index (χ3v) is 4.36. The van der Waals surface area contributed by atoms with Gasteiger partial charge in [0.15, 0.2) is 5.82 Å². The summed E-state index contributed by atoms with van der Waals surface area (Å²) in [5, 5.41) is 4.09. The van der Waals surface area contributed by atoms with Crippen molar-refractivity contribution in [3.8, 4) is 0 Å². The number of hydrogen-bond acceptors (Lipinski definition) is 4. The number of aromatic nitrogens is 2. The lowest BCUT2D eigenvalue weighted by Crippen LogP contribution is -2.33. The van der Waals surface area contributed by atoms with E-state index in [9.17, 15) is 0 Å². The van der Waals surface area contributed by atoms with Crippen molar-refractivity contribution < 1.29 is 4.52 Å². The van der Waals surface area contributed by atoms with Crippen molar-refractivity contribution in [1.82, 2.24) is 10.1 Å². The Bertz CT molecular complexity index is 378. The maximum absolute atomic E-state index is 6.15. The summed E-state index contributed by atoms with van der Waals surface area (Å²) in [5.74, 6) is 1.45. The second-order valence-electron chi connectivity index (χ2n) is 5.54. The van der Waals surface area contributed by atoms with Gasteiger partial charge in [-0.3, -0.25) is 0 Å². The molecule has 1 unspecified atom stereocenters. The van der Waals surface area contributed by atoms with Crippen LogP contribution in [-0.4, -0.2) is 10.1 Å². The zero-order valence-electron chi connectivity index (χ0n) is 11.1. The van der Waals surface area contributed by atoms with Crippen LogP contribution < -0.4 is 5.73 Å². The van der Waals surface area contributed by atoms with E-state index in [1.165, 1.54) is 25.7 Å². The SMILES string of the molecule is CCC(C)(N)c1noc(C2(CC)CCCC2)n1. The monoisotopic (exact) mass is 237 g/mol. The molecule has 1 heterocycles. The summed E-state index contributed by atoms with van der Waals surface area (Å²) in [6.07, 6.45) is 6.74. The van der Waals surface area contributed by atoms with Gasteiger partial charge in [-0.05, 0) is 32.6 Å². The lowest BCUT2D eigenvalue weighted by molar-refractivity contribution is 0.269. The zero-order valence-corrected chi connectivity index (χ0v) is 11.1. The average molecular weight is 237 g/mol. The molecule has 4 heteroatoms. The fourth-order valence-electron chi connectivity index (χ4n) is 2.60. The van der Waals surface area contributed by atoms with Gasteiger partial charge in [0.25, 0.3) is 0 Å². The summed E-state index contributed by atoms with van der Waals surface area (Å²) >= 11 is 0. The van der Waals surface area contributed by atoms with E-state index >= 15 is 0 Å². The molecule has 17 heavy (non-hydrogen) atoms. The van der Waals surface area contributed by atoms with Crippen LogP contribution in [0.4, 0.5) is 0 Å². The van der Waals surface area contributed by atoms with Crippen LogP contribution in [0.3, 0.4) is 0 Å². The molecule has 2 N–H and O–H groups in total. The predicted octanol–water partition coefficient (Wildman–Crippen LogP) is 2.88. The second kappa shape index (κ2) is 4.41. The van der Waals surface area contributed by atoms with E-state index in [4.69, 9.17) is 10.3 Å². The van der Waals surface area contributed by atoms with Crippen LogP contribution in [0.2, 0.25) is 0 Å². The molecule has 1 atom stereocenters. The summed E-state index contributed by atoms with van der Waals surface area (Å²) in [5.41, 5.74) is 5.79. The minimum Gasteiger partial charge on any atom is -0.339 e. The van der Waals surface area contributed by atoms with Gasteiger partial charge in [0.05, 0.1) is 5.54 Å². The molecule has 1 aromatic heterocycles. The third kappa shape index (κ3) is 2.10. The van der Waals surface area contributed by atoms with Crippen LogP contribution in [0.1, 0.15) is 71.0 Å². The molecule has 0 amide bonds. The average Bonchev–Trinajstić information content (AvgIpc) is 2.98. The maximum Gasteiger partial charge on any atom is 0.232 e. The van der Waals surface area contributed by atoms with E-state index in [-0.39, 0.29) is 5.41 Å². The number of hydrogen-bond donors (Lipinski definition) is 1. The molecule has 1 aliphatic carbocycles. The molecular weight excluding hydrogens is 214 g/mol. The van der Waals surface area contributed by atoms with Gasteiger partial charge in [-0.15, -0.1) is 0 Å². The van der Waals surface area contributed by atoms with Crippen LogP contribution in [0.25, 0.3) is 0 Å². The van der Waals surface area contributed by atoms with Crippen molar-refractivity contribution in [1.29, 1.82) is 0 Å². The predicted molar refractivity (Wildman–Crippen MR) is 66.6 cm³/mol. The first-order chi connectivity index (χ1) is 8.04. The Morgan fingerprint density at radius 2 is 2.00 bits per heavy atom.